The maximum atomic E-state index is 4.43. The number of hydrogen-bond acceptors (Lipinski definition) is 0. The number of fused-ring (bicyclic) bond motifs is 2. The summed E-state index contributed by atoms with van der Waals surface area (Å²) < 4.78 is 1.97. The molecule has 0 spiro atoms. The number of allylic oxidation sites excluding steroid dienone is 1. The summed E-state index contributed by atoms with van der Waals surface area (Å²) in [6, 6.07) is 0. The van der Waals surface area contributed by atoms with Crippen molar-refractivity contribution >= 4 is 60.3 Å². The standard InChI is InChI=1S/C17H30BSi2.6CH3.2Sn/c1-7-16(19(2)3)17(20(4,5)6)18-14-10-8-11-15(18)13-9-12-14;;;;;;;;/h14-15,17H,8-13H2,2-6H3;6*1H3;;/t14?,15?,17-;;;;;;;;/m1......../s1. The van der Waals surface area contributed by atoms with Crippen molar-refractivity contribution in [2.75, 3.05) is 0 Å². The van der Waals surface area contributed by atoms with Crippen LogP contribution in [0.25, 0.3) is 0 Å². The zero-order valence-corrected chi connectivity index (χ0v) is 28.8. The van der Waals surface area contributed by atoms with Crippen LogP contribution in [-0.4, -0.2) is 60.3 Å². The van der Waals surface area contributed by atoms with E-state index in [1.165, 1.54) is 38.5 Å². The minimum absolute atomic E-state index is 0.460. The summed E-state index contributed by atoms with van der Waals surface area (Å²) in [7, 11) is -1.75. The van der Waals surface area contributed by atoms with Crippen LogP contribution in [0.2, 0.25) is 79.4 Å². The second-order valence-corrected chi connectivity index (χ2v) is 53.7. The molecule has 0 N–H and O–H groups in total. The molecule has 0 unspecified atom stereocenters. The Balaban J connectivity index is 2.72. The predicted molar refractivity (Wildman–Crippen MR) is 143 cm³/mol. The van der Waals surface area contributed by atoms with Crippen molar-refractivity contribution in [3.63, 3.8) is 0 Å². The van der Waals surface area contributed by atoms with Crippen LogP contribution < -0.4 is 0 Å². The Morgan fingerprint density at radius 3 is 1.54 bits per heavy atom. The Morgan fingerprint density at radius 2 is 1.25 bits per heavy atom. The van der Waals surface area contributed by atoms with Crippen molar-refractivity contribution in [2.24, 2.45) is 0 Å². The van der Waals surface area contributed by atoms with Crippen LogP contribution in [0.15, 0.2) is 12.5 Å². The summed E-state index contributed by atoms with van der Waals surface area (Å²) in [5.74, 6) is 2.06. The van der Waals surface area contributed by atoms with Gasteiger partial charge in [0.1, 0.15) is 0 Å². The molecule has 0 amide bonds. The van der Waals surface area contributed by atoms with Gasteiger partial charge in [-0.1, -0.05) is 0 Å². The fourth-order valence-electron chi connectivity index (χ4n) is 6.62. The van der Waals surface area contributed by atoms with Gasteiger partial charge in [-0.3, -0.25) is 0 Å². The first-order valence-corrected chi connectivity index (χ1v) is 38.0. The molecule has 0 aromatic heterocycles. The summed E-state index contributed by atoms with van der Waals surface area (Å²) in [4.78, 5) is 16.0. The Labute approximate surface area is 189 Å². The summed E-state index contributed by atoms with van der Waals surface area (Å²) in [6.07, 6.45) is 9.13. The molecule has 1 radical (unpaired) electrons. The van der Waals surface area contributed by atoms with Crippen molar-refractivity contribution < 1.29 is 0 Å². The van der Waals surface area contributed by atoms with E-state index in [1.807, 2.05) is 6.80 Å². The molecule has 2 fully saturated rings. The van der Waals surface area contributed by atoms with Gasteiger partial charge in [0.2, 0.25) is 0 Å². The third kappa shape index (κ3) is 6.32. The van der Waals surface area contributed by atoms with Crippen LogP contribution in [0, 0.1) is 0 Å². The fourth-order valence-corrected chi connectivity index (χ4v) is 65.7. The van der Waals surface area contributed by atoms with Gasteiger partial charge < -0.3 is 0 Å². The van der Waals surface area contributed by atoms with E-state index in [9.17, 15) is 0 Å². The molecular weight excluding hydrogens is 581 g/mol. The molecule has 0 aliphatic carbocycles. The molecule has 1 atom stereocenters. The van der Waals surface area contributed by atoms with Crippen molar-refractivity contribution in [2.45, 2.75) is 118 Å². The average Bonchev–Trinajstić information content (AvgIpc) is 2.46. The van der Waals surface area contributed by atoms with E-state index in [2.05, 4.69) is 68.1 Å². The topological polar surface area (TPSA) is 0 Å². The molecule has 0 aromatic carbocycles. The molecule has 2 heterocycles. The molecule has 2 saturated heterocycles. The van der Waals surface area contributed by atoms with Gasteiger partial charge in [0, 0.05) is 0 Å². The average molecular weight is 629 g/mol. The van der Waals surface area contributed by atoms with Gasteiger partial charge in [-0.15, -0.1) is 0 Å². The molecule has 2 aliphatic rings. The molecule has 2 bridgehead atoms. The molecule has 2 aliphatic heterocycles. The first kappa shape index (κ1) is 25.9. The zero-order chi connectivity index (χ0) is 21.5. The zero-order valence-electron chi connectivity index (χ0n) is 21.1. The third-order valence-electron chi connectivity index (χ3n) is 7.32. The van der Waals surface area contributed by atoms with Crippen LogP contribution in [-0.2, 0) is 0 Å². The summed E-state index contributed by atoms with van der Waals surface area (Å²) >= 11 is -4.23. The summed E-state index contributed by atoms with van der Waals surface area (Å²) in [5, 5.41) is 1.89. The van der Waals surface area contributed by atoms with E-state index < -0.39 is 53.6 Å². The van der Waals surface area contributed by atoms with E-state index in [1.54, 1.807) is 0 Å². The van der Waals surface area contributed by atoms with Gasteiger partial charge in [0.05, 0.1) is 0 Å². The van der Waals surface area contributed by atoms with Gasteiger partial charge in [-0.05, 0) is 0 Å². The molecule has 159 valence electrons. The van der Waals surface area contributed by atoms with Gasteiger partial charge in [-0.2, -0.15) is 0 Å². The van der Waals surface area contributed by atoms with Crippen molar-refractivity contribution in [3.05, 3.63) is 12.5 Å². The van der Waals surface area contributed by atoms with Crippen LogP contribution in [0.4, 0.5) is 0 Å². The van der Waals surface area contributed by atoms with E-state index in [4.69, 9.17) is 0 Å². The maximum absolute atomic E-state index is 4.43. The molecule has 0 saturated carbocycles. The molecule has 0 aromatic rings. The first-order valence-electron chi connectivity index (χ1n) is 12.0. The fraction of sp³-hybridized carbons (Fsp3) is 0.870. The Hall–Kier alpha value is 1.62. The molecule has 2 rings (SSSR count). The van der Waals surface area contributed by atoms with Crippen molar-refractivity contribution in [3.8, 4) is 0 Å². The monoisotopic (exact) mass is 631 g/mol. The molecule has 0 nitrogen and oxygen atoms in total. The van der Waals surface area contributed by atoms with Gasteiger partial charge in [0.15, 0.2) is 0 Å². The van der Waals surface area contributed by atoms with Crippen molar-refractivity contribution in [1.82, 2.24) is 0 Å². The minimum atomic E-state index is -2.12. The van der Waals surface area contributed by atoms with E-state index in [0.717, 1.165) is 23.8 Å². The molecular formula is C23H48BSi2Sn2. The summed E-state index contributed by atoms with van der Waals surface area (Å²) in [5.41, 5.74) is 5.33. The molecule has 28 heavy (non-hydrogen) atoms. The van der Waals surface area contributed by atoms with Crippen LogP contribution in [0.5, 0.6) is 0 Å². The van der Waals surface area contributed by atoms with Gasteiger partial charge >= 0.3 is 191 Å². The Morgan fingerprint density at radius 1 is 0.857 bits per heavy atom. The molecule has 5 heteroatoms. The Bertz CT molecular complexity index is 578. The first-order chi connectivity index (χ1) is 12.6. The van der Waals surface area contributed by atoms with Crippen LogP contribution >= 0.6 is 0 Å². The van der Waals surface area contributed by atoms with Crippen LogP contribution in [0.3, 0.4) is 0 Å². The third-order valence-corrected chi connectivity index (χ3v) is 49.7. The van der Waals surface area contributed by atoms with E-state index in [-0.39, 0.29) is 0 Å². The second-order valence-electron chi connectivity index (χ2n) is 13.2. The number of rotatable bonds is 6. The normalized spacial score (nSPS) is 24.8. The van der Waals surface area contributed by atoms with Crippen LogP contribution in [0.1, 0.15) is 38.5 Å². The number of hydrogen-bond donors (Lipinski definition) is 0. The predicted octanol–water partition coefficient (Wildman–Crippen LogP) is 8.34. The Kier molecular flexibility index (Phi) is 8.89. The van der Waals surface area contributed by atoms with Crippen molar-refractivity contribution in [1.29, 1.82) is 0 Å². The van der Waals surface area contributed by atoms with E-state index in [0.29, 0.717) is 0 Å². The van der Waals surface area contributed by atoms with Gasteiger partial charge in [0.25, 0.3) is 0 Å². The second kappa shape index (κ2) is 9.63. The quantitative estimate of drug-likeness (QED) is 0.205. The summed E-state index contributed by atoms with van der Waals surface area (Å²) in [6.45, 7) is 14.3. The van der Waals surface area contributed by atoms with Gasteiger partial charge in [-0.25, -0.2) is 0 Å². The van der Waals surface area contributed by atoms with E-state index >= 15 is 0 Å². The SMILES string of the molecule is C[Si](C)C(=C=[C]([Sn]([CH3])([CH3])[CH3])[Sn]([CH3])([CH3])[CH3])[C@H](B1C2CCCC1CCC2)[Si](C)(C)C.